The van der Waals surface area contributed by atoms with E-state index in [1.807, 2.05) is 19.9 Å². The number of aromatic nitrogens is 4. The van der Waals surface area contributed by atoms with Crippen molar-refractivity contribution in [3.63, 3.8) is 0 Å². The third kappa shape index (κ3) is 2.49. The Bertz CT molecular complexity index is 718. The summed E-state index contributed by atoms with van der Waals surface area (Å²) in [6, 6.07) is 6.17. The van der Waals surface area contributed by atoms with Crippen molar-refractivity contribution in [3.05, 3.63) is 35.5 Å². The van der Waals surface area contributed by atoms with Crippen molar-refractivity contribution in [2.45, 2.75) is 31.2 Å². The minimum absolute atomic E-state index is 0.0721. The van der Waals surface area contributed by atoms with E-state index < -0.39 is 0 Å². The maximum absolute atomic E-state index is 5.17. The van der Waals surface area contributed by atoms with Crippen LogP contribution >= 0.6 is 11.8 Å². The molecule has 0 fully saturated rings. The van der Waals surface area contributed by atoms with E-state index in [1.165, 1.54) is 5.56 Å². The quantitative estimate of drug-likeness (QED) is 0.741. The maximum atomic E-state index is 5.17. The van der Waals surface area contributed by atoms with Crippen LogP contribution in [-0.4, -0.2) is 20.1 Å². The monoisotopic (exact) mass is 274 g/mol. The molecular weight excluding hydrogens is 260 g/mol. The van der Waals surface area contributed by atoms with Crippen LogP contribution < -0.4 is 0 Å². The molecule has 0 bridgehead atoms. The van der Waals surface area contributed by atoms with Gasteiger partial charge < -0.3 is 9.51 Å². The van der Waals surface area contributed by atoms with Crippen LogP contribution in [0.3, 0.4) is 0 Å². The van der Waals surface area contributed by atoms with Gasteiger partial charge in [-0.2, -0.15) is 4.98 Å². The second-order valence-corrected chi connectivity index (χ2v) is 5.83. The second-order valence-electron chi connectivity index (χ2n) is 4.50. The third-order valence-corrected chi connectivity index (χ3v) is 3.77. The standard InChI is InChI=1S/C13H14N4OS/c1-7-4-5-10-11(6-7)16-13(15-10)19-8(2)12-14-9(3)17-18-12/h4-6,8H,1-3H3,(H,15,16)/t8-/m1/s1. The summed E-state index contributed by atoms with van der Waals surface area (Å²) in [7, 11) is 0. The van der Waals surface area contributed by atoms with Crippen molar-refractivity contribution >= 4 is 22.8 Å². The molecule has 6 heteroatoms. The zero-order valence-electron chi connectivity index (χ0n) is 11.0. The van der Waals surface area contributed by atoms with E-state index >= 15 is 0 Å². The molecule has 3 aromatic rings. The molecule has 0 unspecified atom stereocenters. The highest BCUT2D eigenvalue weighted by Crippen LogP contribution is 2.33. The normalized spacial score (nSPS) is 13.0. The first-order valence-electron chi connectivity index (χ1n) is 6.05. The third-order valence-electron chi connectivity index (χ3n) is 2.80. The van der Waals surface area contributed by atoms with Crippen LogP contribution in [0.25, 0.3) is 11.0 Å². The Morgan fingerprint density at radius 2 is 2.11 bits per heavy atom. The molecule has 5 nitrogen and oxygen atoms in total. The topological polar surface area (TPSA) is 67.6 Å². The minimum atomic E-state index is 0.0721. The Morgan fingerprint density at radius 3 is 2.84 bits per heavy atom. The Morgan fingerprint density at radius 1 is 1.26 bits per heavy atom. The van der Waals surface area contributed by atoms with Gasteiger partial charge in [0.1, 0.15) is 0 Å². The molecule has 0 radical (unpaired) electrons. The summed E-state index contributed by atoms with van der Waals surface area (Å²) in [5.74, 6) is 1.28. The number of fused-ring (bicyclic) bond motifs is 1. The van der Waals surface area contributed by atoms with E-state index in [4.69, 9.17) is 4.52 Å². The molecule has 1 N–H and O–H groups in total. The summed E-state index contributed by atoms with van der Waals surface area (Å²) in [6.07, 6.45) is 0. The van der Waals surface area contributed by atoms with Gasteiger partial charge >= 0.3 is 0 Å². The molecule has 0 aliphatic rings. The van der Waals surface area contributed by atoms with Crippen molar-refractivity contribution in [1.82, 2.24) is 20.1 Å². The van der Waals surface area contributed by atoms with E-state index in [-0.39, 0.29) is 5.25 Å². The number of imidazole rings is 1. The number of nitrogens with one attached hydrogen (secondary N) is 1. The summed E-state index contributed by atoms with van der Waals surface area (Å²) >= 11 is 1.58. The van der Waals surface area contributed by atoms with Crippen LogP contribution in [0.1, 0.15) is 29.5 Å². The van der Waals surface area contributed by atoms with Crippen LogP contribution in [0.2, 0.25) is 0 Å². The zero-order valence-corrected chi connectivity index (χ0v) is 11.8. The Labute approximate surface area is 114 Å². The maximum Gasteiger partial charge on any atom is 0.239 e. The van der Waals surface area contributed by atoms with Crippen LogP contribution in [0.15, 0.2) is 27.9 Å². The van der Waals surface area contributed by atoms with E-state index in [9.17, 15) is 0 Å². The lowest BCUT2D eigenvalue weighted by atomic mass is 10.2. The summed E-state index contributed by atoms with van der Waals surface area (Å²) in [4.78, 5) is 12.1. The van der Waals surface area contributed by atoms with Gasteiger partial charge in [0, 0.05) is 0 Å². The predicted octanol–water partition coefficient (Wildman–Crippen LogP) is 3.42. The predicted molar refractivity (Wildman–Crippen MR) is 74.1 cm³/mol. The number of hydrogen-bond acceptors (Lipinski definition) is 5. The first-order chi connectivity index (χ1) is 9.11. The summed E-state index contributed by atoms with van der Waals surface area (Å²) < 4.78 is 5.17. The van der Waals surface area contributed by atoms with Crippen LogP contribution in [-0.2, 0) is 0 Å². The molecule has 3 rings (SSSR count). The van der Waals surface area contributed by atoms with Crippen molar-refractivity contribution in [1.29, 1.82) is 0 Å². The van der Waals surface area contributed by atoms with Crippen LogP contribution in [0, 0.1) is 13.8 Å². The minimum Gasteiger partial charge on any atom is -0.338 e. The van der Waals surface area contributed by atoms with Crippen molar-refractivity contribution in [2.24, 2.45) is 0 Å². The van der Waals surface area contributed by atoms with Gasteiger partial charge in [0.15, 0.2) is 11.0 Å². The zero-order chi connectivity index (χ0) is 13.4. The average Bonchev–Trinajstić information content (AvgIpc) is 2.94. The van der Waals surface area contributed by atoms with E-state index in [1.54, 1.807) is 11.8 Å². The number of benzene rings is 1. The molecule has 0 aliphatic carbocycles. The summed E-state index contributed by atoms with van der Waals surface area (Å²) in [6.45, 7) is 5.90. The number of H-pyrrole nitrogens is 1. The molecule has 2 heterocycles. The molecule has 1 atom stereocenters. The highest BCUT2D eigenvalue weighted by Gasteiger charge is 2.16. The van der Waals surface area contributed by atoms with Gasteiger partial charge in [0.05, 0.1) is 16.3 Å². The number of aryl methyl sites for hydroxylation is 2. The lowest BCUT2D eigenvalue weighted by Gasteiger charge is -2.02. The van der Waals surface area contributed by atoms with Crippen molar-refractivity contribution in [2.75, 3.05) is 0 Å². The van der Waals surface area contributed by atoms with Gasteiger partial charge in [0.25, 0.3) is 0 Å². The Balaban J connectivity index is 1.85. The van der Waals surface area contributed by atoms with E-state index in [0.717, 1.165) is 16.2 Å². The fourth-order valence-electron chi connectivity index (χ4n) is 1.85. The first kappa shape index (κ1) is 12.2. The van der Waals surface area contributed by atoms with Gasteiger partial charge in [-0.05, 0) is 38.5 Å². The average molecular weight is 274 g/mol. The van der Waals surface area contributed by atoms with Crippen LogP contribution in [0.5, 0.6) is 0 Å². The van der Waals surface area contributed by atoms with Gasteiger partial charge in [0.2, 0.25) is 5.89 Å². The fourth-order valence-corrected chi connectivity index (χ4v) is 2.70. The molecular formula is C13H14N4OS. The van der Waals surface area contributed by atoms with Crippen molar-refractivity contribution in [3.8, 4) is 0 Å². The lowest BCUT2D eigenvalue weighted by Crippen LogP contribution is -1.89. The van der Waals surface area contributed by atoms with Crippen molar-refractivity contribution < 1.29 is 4.52 Å². The largest absolute Gasteiger partial charge is 0.338 e. The molecule has 2 aromatic heterocycles. The number of thioether (sulfide) groups is 1. The number of aromatic amines is 1. The summed E-state index contributed by atoms with van der Waals surface area (Å²) in [5.41, 5.74) is 3.24. The molecule has 98 valence electrons. The van der Waals surface area contributed by atoms with Crippen LogP contribution in [0.4, 0.5) is 0 Å². The van der Waals surface area contributed by atoms with Gasteiger partial charge in [-0.1, -0.05) is 23.0 Å². The van der Waals surface area contributed by atoms with E-state index in [0.29, 0.717) is 11.7 Å². The fraction of sp³-hybridized carbons (Fsp3) is 0.308. The SMILES string of the molecule is Cc1ccc2nc(S[C@H](C)c3nc(C)no3)[nH]c2c1. The highest BCUT2D eigenvalue weighted by molar-refractivity contribution is 7.99. The highest BCUT2D eigenvalue weighted by atomic mass is 32.2. The number of rotatable bonds is 3. The molecule has 0 saturated heterocycles. The van der Waals surface area contributed by atoms with Gasteiger partial charge in [-0.15, -0.1) is 0 Å². The molecule has 0 saturated carbocycles. The number of nitrogens with zero attached hydrogens (tertiary/aromatic N) is 3. The van der Waals surface area contributed by atoms with Gasteiger partial charge in [-0.3, -0.25) is 0 Å². The molecule has 1 aromatic carbocycles. The molecule has 19 heavy (non-hydrogen) atoms. The molecule has 0 spiro atoms. The Hall–Kier alpha value is -1.82. The Kier molecular flexibility index (Phi) is 3.02. The summed E-state index contributed by atoms with van der Waals surface area (Å²) in [5, 5.41) is 4.74. The number of hydrogen-bond donors (Lipinski definition) is 1. The molecule has 0 amide bonds. The first-order valence-corrected chi connectivity index (χ1v) is 6.93. The van der Waals surface area contributed by atoms with E-state index in [2.05, 4.69) is 39.2 Å². The smallest absolute Gasteiger partial charge is 0.239 e. The second kappa shape index (κ2) is 4.70. The lowest BCUT2D eigenvalue weighted by molar-refractivity contribution is 0.376. The van der Waals surface area contributed by atoms with Gasteiger partial charge in [-0.25, -0.2) is 4.98 Å². The molecule has 0 aliphatic heterocycles.